The first-order chi connectivity index (χ1) is 8.57. The fourth-order valence-electron chi connectivity index (χ4n) is 2.00. The molecule has 94 valence electrons. The van der Waals surface area contributed by atoms with Crippen molar-refractivity contribution in [1.82, 2.24) is 9.97 Å². The summed E-state index contributed by atoms with van der Waals surface area (Å²) in [5, 5.41) is 3.46. The highest BCUT2D eigenvalue weighted by molar-refractivity contribution is 5.41. The normalized spacial score (nSPS) is 11.3. The van der Waals surface area contributed by atoms with E-state index in [2.05, 4.69) is 53.4 Å². The van der Waals surface area contributed by atoms with Crippen LogP contribution in [0.1, 0.15) is 25.1 Å². The molecule has 3 nitrogen and oxygen atoms in total. The molecule has 0 aliphatic rings. The molecule has 1 aromatic carbocycles. The number of rotatable bonds is 4. The van der Waals surface area contributed by atoms with Crippen molar-refractivity contribution in [3.05, 3.63) is 54.0 Å². The number of benzene rings is 1. The van der Waals surface area contributed by atoms with Crippen LogP contribution in [0, 0.1) is 6.92 Å². The van der Waals surface area contributed by atoms with Crippen LogP contribution in [0.15, 0.2) is 42.7 Å². The van der Waals surface area contributed by atoms with Crippen molar-refractivity contribution >= 4 is 5.82 Å². The number of nitrogens with one attached hydrogen (secondary N) is 1. The van der Waals surface area contributed by atoms with Gasteiger partial charge in [0.2, 0.25) is 0 Å². The fraction of sp³-hybridized carbons (Fsp3) is 0.333. The van der Waals surface area contributed by atoms with Crippen LogP contribution in [0.2, 0.25) is 0 Å². The number of aromatic nitrogens is 2. The molecule has 1 aromatic heterocycles. The number of aryl methyl sites for hydroxylation is 1. The third kappa shape index (κ3) is 3.29. The van der Waals surface area contributed by atoms with Gasteiger partial charge in [0.25, 0.3) is 0 Å². The Morgan fingerprint density at radius 1 is 1.06 bits per heavy atom. The van der Waals surface area contributed by atoms with Gasteiger partial charge in [0, 0.05) is 17.9 Å². The summed E-state index contributed by atoms with van der Waals surface area (Å²) in [4.78, 5) is 8.58. The summed E-state index contributed by atoms with van der Waals surface area (Å²) in [6.45, 7) is 6.32. The van der Waals surface area contributed by atoms with Crippen LogP contribution in [0.25, 0.3) is 0 Å². The van der Waals surface area contributed by atoms with Gasteiger partial charge < -0.3 is 5.32 Å². The van der Waals surface area contributed by atoms with Crippen molar-refractivity contribution in [2.45, 2.75) is 32.7 Å². The molecule has 0 radical (unpaired) electrons. The van der Waals surface area contributed by atoms with Gasteiger partial charge in [0.15, 0.2) is 0 Å². The maximum Gasteiger partial charge on any atom is 0.147 e. The van der Waals surface area contributed by atoms with Crippen LogP contribution in [0.4, 0.5) is 5.82 Å². The molecule has 1 heterocycles. The van der Waals surface area contributed by atoms with E-state index in [9.17, 15) is 0 Å². The van der Waals surface area contributed by atoms with Gasteiger partial charge in [-0.25, -0.2) is 4.98 Å². The standard InChI is InChI=1S/C15H19N3/c1-12-14(17-10-9-16-12)18-15(2,3)11-13-7-5-4-6-8-13/h4-10H,11H2,1-3H3,(H,17,18). The van der Waals surface area contributed by atoms with Gasteiger partial charge in [0.05, 0.1) is 5.69 Å². The lowest BCUT2D eigenvalue weighted by molar-refractivity contribution is 0.560. The topological polar surface area (TPSA) is 37.8 Å². The van der Waals surface area contributed by atoms with Gasteiger partial charge in [-0.2, -0.15) is 0 Å². The van der Waals surface area contributed by atoms with Crippen molar-refractivity contribution in [3.8, 4) is 0 Å². The molecule has 18 heavy (non-hydrogen) atoms. The maximum atomic E-state index is 4.33. The van der Waals surface area contributed by atoms with Crippen LogP contribution < -0.4 is 5.32 Å². The summed E-state index contributed by atoms with van der Waals surface area (Å²) in [6.07, 6.45) is 4.38. The quantitative estimate of drug-likeness (QED) is 0.893. The molecule has 0 amide bonds. The Kier molecular flexibility index (Phi) is 3.60. The molecule has 3 heteroatoms. The first-order valence-electron chi connectivity index (χ1n) is 6.16. The zero-order valence-electron chi connectivity index (χ0n) is 11.1. The molecule has 0 atom stereocenters. The van der Waals surface area contributed by atoms with E-state index < -0.39 is 0 Å². The van der Waals surface area contributed by atoms with Crippen LogP contribution in [0.3, 0.4) is 0 Å². The molecule has 2 rings (SSSR count). The minimum absolute atomic E-state index is 0.0534. The highest BCUT2D eigenvalue weighted by Crippen LogP contribution is 2.19. The summed E-state index contributed by atoms with van der Waals surface area (Å²) in [7, 11) is 0. The Balaban J connectivity index is 2.10. The summed E-state index contributed by atoms with van der Waals surface area (Å²) in [5.74, 6) is 0.860. The molecule has 0 bridgehead atoms. The van der Waals surface area contributed by atoms with Gasteiger partial charge in [-0.15, -0.1) is 0 Å². The molecule has 0 aliphatic carbocycles. The van der Waals surface area contributed by atoms with Crippen molar-refractivity contribution < 1.29 is 0 Å². The van der Waals surface area contributed by atoms with Gasteiger partial charge in [-0.3, -0.25) is 4.98 Å². The average molecular weight is 241 g/mol. The lowest BCUT2D eigenvalue weighted by Gasteiger charge is -2.27. The smallest absolute Gasteiger partial charge is 0.147 e. The molecule has 2 aromatic rings. The van der Waals surface area contributed by atoms with E-state index in [4.69, 9.17) is 0 Å². The van der Waals surface area contributed by atoms with Gasteiger partial charge in [-0.05, 0) is 32.8 Å². The Hall–Kier alpha value is -1.90. The van der Waals surface area contributed by atoms with Crippen LogP contribution >= 0.6 is 0 Å². The third-order valence-electron chi connectivity index (χ3n) is 2.83. The number of hydrogen-bond donors (Lipinski definition) is 1. The molecule has 0 fully saturated rings. The second-order valence-corrected chi connectivity index (χ2v) is 5.16. The lowest BCUT2D eigenvalue weighted by Crippen LogP contribution is -2.34. The van der Waals surface area contributed by atoms with E-state index in [0.717, 1.165) is 17.9 Å². The second kappa shape index (κ2) is 5.17. The minimum atomic E-state index is -0.0534. The van der Waals surface area contributed by atoms with Gasteiger partial charge >= 0.3 is 0 Å². The van der Waals surface area contributed by atoms with Crippen LogP contribution in [0.5, 0.6) is 0 Å². The molecule has 0 unspecified atom stereocenters. The average Bonchev–Trinajstić information content (AvgIpc) is 2.32. The Morgan fingerprint density at radius 2 is 1.72 bits per heavy atom. The number of hydrogen-bond acceptors (Lipinski definition) is 3. The second-order valence-electron chi connectivity index (χ2n) is 5.16. The van der Waals surface area contributed by atoms with Crippen molar-refractivity contribution in [3.63, 3.8) is 0 Å². The van der Waals surface area contributed by atoms with E-state index in [0.29, 0.717) is 0 Å². The first kappa shape index (κ1) is 12.6. The Bertz CT molecular complexity index is 506. The van der Waals surface area contributed by atoms with Crippen molar-refractivity contribution in [1.29, 1.82) is 0 Å². The molecular formula is C15H19N3. The maximum absolute atomic E-state index is 4.33. The van der Waals surface area contributed by atoms with Crippen molar-refractivity contribution in [2.24, 2.45) is 0 Å². The molecular weight excluding hydrogens is 222 g/mol. The van der Waals surface area contributed by atoms with Crippen molar-refractivity contribution in [2.75, 3.05) is 5.32 Å². The largest absolute Gasteiger partial charge is 0.363 e. The first-order valence-corrected chi connectivity index (χ1v) is 6.16. The summed E-state index contributed by atoms with van der Waals surface area (Å²) < 4.78 is 0. The van der Waals surface area contributed by atoms with E-state index in [1.807, 2.05) is 13.0 Å². The molecule has 0 saturated carbocycles. The Morgan fingerprint density at radius 3 is 2.39 bits per heavy atom. The lowest BCUT2D eigenvalue weighted by atomic mass is 9.95. The summed E-state index contributed by atoms with van der Waals surface area (Å²) in [6, 6.07) is 10.5. The molecule has 0 spiro atoms. The highest BCUT2D eigenvalue weighted by Gasteiger charge is 2.19. The van der Waals surface area contributed by atoms with E-state index in [1.165, 1.54) is 5.56 Å². The zero-order valence-corrected chi connectivity index (χ0v) is 11.1. The molecule has 0 aliphatic heterocycles. The van der Waals surface area contributed by atoms with E-state index in [-0.39, 0.29) is 5.54 Å². The molecule has 1 N–H and O–H groups in total. The van der Waals surface area contributed by atoms with Crippen LogP contribution in [-0.2, 0) is 6.42 Å². The third-order valence-corrected chi connectivity index (χ3v) is 2.83. The monoisotopic (exact) mass is 241 g/mol. The van der Waals surface area contributed by atoms with Gasteiger partial charge in [-0.1, -0.05) is 30.3 Å². The van der Waals surface area contributed by atoms with E-state index in [1.54, 1.807) is 12.4 Å². The van der Waals surface area contributed by atoms with Gasteiger partial charge in [0.1, 0.15) is 5.82 Å². The molecule has 0 saturated heterocycles. The fourth-order valence-corrected chi connectivity index (χ4v) is 2.00. The highest BCUT2D eigenvalue weighted by atomic mass is 15.1. The summed E-state index contributed by atoms with van der Waals surface area (Å²) >= 11 is 0. The predicted octanol–water partition coefficient (Wildman–Crippen LogP) is 3.22. The number of anilines is 1. The summed E-state index contributed by atoms with van der Waals surface area (Å²) in [5.41, 5.74) is 2.19. The SMILES string of the molecule is Cc1nccnc1NC(C)(C)Cc1ccccc1. The minimum Gasteiger partial charge on any atom is -0.363 e. The zero-order chi connectivity index (χ0) is 13.0. The van der Waals surface area contributed by atoms with E-state index >= 15 is 0 Å². The Labute approximate surface area is 108 Å². The number of nitrogens with zero attached hydrogens (tertiary/aromatic N) is 2. The predicted molar refractivity (Wildman–Crippen MR) is 74.6 cm³/mol. The van der Waals surface area contributed by atoms with Crippen LogP contribution in [-0.4, -0.2) is 15.5 Å².